The van der Waals surface area contributed by atoms with Crippen LogP contribution in [-0.2, 0) is 4.79 Å². The van der Waals surface area contributed by atoms with Gasteiger partial charge >= 0.3 is 5.69 Å². The molecule has 2 aromatic carbocycles. The summed E-state index contributed by atoms with van der Waals surface area (Å²) in [6.07, 6.45) is -0.841. The molecule has 8 heteroatoms. The maximum absolute atomic E-state index is 12.9. The summed E-state index contributed by atoms with van der Waals surface area (Å²) < 4.78 is 10.6. The summed E-state index contributed by atoms with van der Waals surface area (Å²) in [5.41, 5.74) is 0.328. The van der Waals surface area contributed by atoms with E-state index in [9.17, 15) is 14.9 Å². The number of nitrogens with zero attached hydrogens (tertiary/aromatic N) is 3. The number of para-hydroxylation sites is 1. The third-order valence-corrected chi connectivity index (χ3v) is 3.80. The second kappa shape index (κ2) is 9.20. The summed E-state index contributed by atoms with van der Waals surface area (Å²) in [7, 11) is 1.40. The van der Waals surface area contributed by atoms with E-state index in [0.29, 0.717) is 11.4 Å². The summed E-state index contributed by atoms with van der Waals surface area (Å²) in [4.78, 5) is 25.0. The number of rotatable bonds is 8. The van der Waals surface area contributed by atoms with Crippen molar-refractivity contribution in [3.8, 4) is 17.6 Å². The smallest absolute Gasteiger partial charge is 0.314 e. The number of nitro benzene ring substituents is 1. The van der Waals surface area contributed by atoms with Crippen molar-refractivity contribution in [1.29, 1.82) is 5.26 Å². The van der Waals surface area contributed by atoms with Crippen LogP contribution in [-0.4, -0.2) is 30.6 Å². The predicted molar refractivity (Wildman–Crippen MR) is 98.8 cm³/mol. The van der Waals surface area contributed by atoms with Crippen LogP contribution in [0.3, 0.4) is 0 Å². The number of anilines is 1. The molecule has 2 rings (SSSR count). The molecule has 0 unspecified atom stereocenters. The van der Waals surface area contributed by atoms with Gasteiger partial charge in [-0.3, -0.25) is 14.9 Å². The minimum Gasteiger partial charge on any atom is -0.496 e. The maximum atomic E-state index is 12.9. The average molecular weight is 369 g/mol. The Morgan fingerprint density at radius 2 is 2.00 bits per heavy atom. The summed E-state index contributed by atoms with van der Waals surface area (Å²) in [6, 6.07) is 15.0. The summed E-state index contributed by atoms with van der Waals surface area (Å²) in [6.45, 7) is 1.70. The van der Waals surface area contributed by atoms with Gasteiger partial charge in [0.15, 0.2) is 11.9 Å². The highest BCUT2D eigenvalue weighted by Crippen LogP contribution is 2.32. The zero-order valence-corrected chi connectivity index (χ0v) is 15.0. The summed E-state index contributed by atoms with van der Waals surface area (Å²) in [5.74, 6) is -0.121. The van der Waals surface area contributed by atoms with Crippen molar-refractivity contribution < 1.29 is 19.2 Å². The van der Waals surface area contributed by atoms with Crippen molar-refractivity contribution in [2.75, 3.05) is 18.6 Å². The van der Waals surface area contributed by atoms with E-state index in [1.54, 1.807) is 24.3 Å². The highest BCUT2D eigenvalue weighted by Gasteiger charge is 2.26. The van der Waals surface area contributed by atoms with E-state index in [1.807, 2.05) is 12.1 Å². The van der Waals surface area contributed by atoms with E-state index in [1.165, 1.54) is 37.1 Å². The van der Waals surface area contributed by atoms with Gasteiger partial charge in [0.25, 0.3) is 5.91 Å². The molecular weight excluding hydrogens is 350 g/mol. The molecule has 27 heavy (non-hydrogen) atoms. The van der Waals surface area contributed by atoms with Gasteiger partial charge in [0, 0.05) is 12.2 Å². The highest BCUT2D eigenvalue weighted by molar-refractivity contribution is 5.96. The molecule has 0 aromatic heterocycles. The fraction of sp³-hybridized carbons (Fsp3) is 0.263. The van der Waals surface area contributed by atoms with Crippen LogP contribution in [0.25, 0.3) is 0 Å². The number of nitriles is 1. The maximum Gasteiger partial charge on any atom is 0.314 e. The fourth-order valence-electron chi connectivity index (χ4n) is 2.46. The van der Waals surface area contributed by atoms with Crippen molar-refractivity contribution in [3.05, 3.63) is 58.6 Å². The molecule has 0 N–H and O–H groups in total. The lowest BCUT2D eigenvalue weighted by Gasteiger charge is -2.25. The van der Waals surface area contributed by atoms with Crippen LogP contribution in [0.15, 0.2) is 48.5 Å². The monoisotopic (exact) mass is 369 g/mol. The Bertz CT molecular complexity index is 848. The van der Waals surface area contributed by atoms with E-state index >= 15 is 0 Å². The van der Waals surface area contributed by atoms with Crippen molar-refractivity contribution in [2.45, 2.75) is 19.4 Å². The third-order valence-electron chi connectivity index (χ3n) is 3.80. The van der Waals surface area contributed by atoms with E-state index in [4.69, 9.17) is 14.7 Å². The Kier molecular flexibility index (Phi) is 6.72. The molecule has 8 nitrogen and oxygen atoms in total. The molecule has 0 radical (unpaired) electrons. The zero-order valence-electron chi connectivity index (χ0n) is 15.0. The van der Waals surface area contributed by atoms with Crippen LogP contribution in [0.5, 0.6) is 11.5 Å². The molecule has 0 heterocycles. The Labute approximate surface area is 156 Å². The molecule has 1 atom stereocenters. The second-order valence-electron chi connectivity index (χ2n) is 5.58. The number of carbonyl (C=O) groups excluding carboxylic acids is 1. The topological polar surface area (TPSA) is 106 Å². The largest absolute Gasteiger partial charge is 0.496 e. The van der Waals surface area contributed by atoms with Crippen LogP contribution in [0.1, 0.15) is 13.3 Å². The second-order valence-corrected chi connectivity index (χ2v) is 5.58. The van der Waals surface area contributed by atoms with Crippen LogP contribution >= 0.6 is 0 Å². The first-order valence-corrected chi connectivity index (χ1v) is 8.20. The Morgan fingerprint density at radius 3 is 2.59 bits per heavy atom. The minimum absolute atomic E-state index is 0.0325. The van der Waals surface area contributed by atoms with Crippen LogP contribution in [0.2, 0.25) is 0 Å². The van der Waals surface area contributed by atoms with Gasteiger partial charge in [0.2, 0.25) is 0 Å². The zero-order chi connectivity index (χ0) is 19.8. The molecular formula is C19H19N3O5. The van der Waals surface area contributed by atoms with Gasteiger partial charge in [-0.2, -0.15) is 5.26 Å². The molecule has 0 spiro atoms. The highest BCUT2D eigenvalue weighted by atomic mass is 16.6. The van der Waals surface area contributed by atoms with Crippen molar-refractivity contribution in [1.82, 2.24) is 0 Å². The molecule has 2 aromatic rings. The third kappa shape index (κ3) is 4.95. The number of amides is 1. The molecule has 0 aliphatic heterocycles. The van der Waals surface area contributed by atoms with Crippen LogP contribution < -0.4 is 14.4 Å². The van der Waals surface area contributed by atoms with Gasteiger partial charge in [0.05, 0.1) is 30.6 Å². The molecule has 1 amide bonds. The van der Waals surface area contributed by atoms with Gasteiger partial charge in [0.1, 0.15) is 5.75 Å². The van der Waals surface area contributed by atoms with Crippen LogP contribution in [0.4, 0.5) is 11.4 Å². The Hall–Kier alpha value is -3.60. The number of methoxy groups -OCH3 is 1. The molecule has 0 bridgehead atoms. The first-order valence-electron chi connectivity index (χ1n) is 8.20. The molecule has 0 fully saturated rings. The molecule has 0 saturated heterocycles. The SMILES string of the molecule is COc1ccc(O[C@H](C)C(=O)N(CCC#N)c2ccccc2)c([N+](=O)[O-])c1. The van der Waals surface area contributed by atoms with Gasteiger partial charge in [-0.05, 0) is 31.2 Å². The lowest BCUT2D eigenvalue weighted by molar-refractivity contribution is -0.386. The number of hydrogen-bond donors (Lipinski definition) is 0. The summed E-state index contributed by atoms with van der Waals surface area (Å²) >= 11 is 0. The first kappa shape index (κ1) is 19.7. The number of benzene rings is 2. The molecule has 0 aliphatic carbocycles. The van der Waals surface area contributed by atoms with Gasteiger partial charge in [-0.15, -0.1) is 0 Å². The first-order chi connectivity index (χ1) is 13.0. The van der Waals surface area contributed by atoms with E-state index in [-0.39, 0.29) is 24.4 Å². The predicted octanol–water partition coefficient (Wildman–Crippen LogP) is 3.32. The van der Waals surface area contributed by atoms with Gasteiger partial charge < -0.3 is 14.4 Å². The summed E-state index contributed by atoms with van der Waals surface area (Å²) in [5, 5.41) is 20.1. The van der Waals surface area contributed by atoms with Crippen molar-refractivity contribution in [2.24, 2.45) is 0 Å². The number of carbonyl (C=O) groups is 1. The van der Waals surface area contributed by atoms with E-state index < -0.39 is 16.9 Å². The van der Waals surface area contributed by atoms with E-state index in [2.05, 4.69) is 0 Å². The van der Waals surface area contributed by atoms with Crippen LogP contribution in [0, 0.1) is 21.4 Å². The molecule has 140 valence electrons. The molecule has 0 aliphatic rings. The lowest BCUT2D eigenvalue weighted by Crippen LogP contribution is -2.41. The Balaban J connectivity index is 2.25. The van der Waals surface area contributed by atoms with Gasteiger partial charge in [-0.25, -0.2) is 0 Å². The molecule has 0 saturated carbocycles. The van der Waals surface area contributed by atoms with Gasteiger partial charge in [-0.1, -0.05) is 18.2 Å². The van der Waals surface area contributed by atoms with Crippen molar-refractivity contribution >= 4 is 17.3 Å². The van der Waals surface area contributed by atoms with E-state index in [0.717, 1.165) is 0 Å². The average Bonchev–Trinajstić information content (AvgIpc) is 2.69. The number of hydrogen-bond acceptors (Lipinski definition) is 6. The Morgan fingerprint density at radius 1 is 1.30 bits per heavy atom. The fourth-order valence-corrected chi connectivity index (χ4v) is 2.46. The standard InChI is InChI=1S/C19H19N3O5/c1-14(27-18-10-9-16(26-2)13-17(18)22(24)25)19(23)21(12-6-11-20)15-7-4-3-5-8-15/h3-5,7-10,13-14H,6,12H2,1-2H3/t14-/m1/s1. The van der Waals surface area contributed by atoms with Crippen molar-refractivity contribution in [3.63, 3.8) is 0 Å². The lowest BCUT2D eigenvalue weighted by atomic mass is 10.2. The normalized spacial score (nSPS) is 11.1. The minimum atomic E-state index is -0.990. The number of nitro groups is 1. The quantitative estimate of drug-likeness (QED) is 0.522. The number of ether oxygens (including phenoxy) is 2.